The van der Waals surface area contributed by atoms with Crippen molar-refractivity contribution in [1.82, 2.24) is 0 Å². The van der Waals surface area contributed by atoms with Crippen LogP contribution in [0.4, 0.5) is 0 Å². The number of carbonyl (C=O) groups is 2. The third-order valence-electron chi connectivity index (χ3n) is 5.56. The van der Waals surface area contributed by atoms with Gasteiger partial charge in [0.1, 0.15) is 5.75 Å². The first-order chi connectivity index (χ1) is 12.4. The summed E-state index contributed by atoms with van der Waals surface area (Å²) in [6.45, 7) is 4.88. The van der Waals surface area contributed by atoms with Gasteiger partial charge in [0, 0.05) is 23.3 Å². The summed E-state index contributed by atoms with van der Waals surface area (Å²) in [6.07, 6.45) is 4.09. The first-order valence-electron chi connectivity index (χ1n) is 8.71. The van der Waals surface area contributed by atoms with Gasteiger partial charge in [-0.3, -0.25) is 4.79 Å². The van der Waals surface area contributed by atoms with Crippen molar-refractivity contribution >= 4 is 23.9 Å². The Morgan fingerprint density at radius 2 is 1.88 bits per heavy atom. The van der Waals surface area contributed by atoms with E-state index in [4.69, 9.17) is 9.84 Å². The van der Waals surface area contributed by atoms with E-state index in [1.807, 2.05) is 24.3 Å². The van der Waals surface area contributed by atoms with Crippen LogP contribution in [0.5, 0.6) is 5.75 Å². The maximum Gasteiger partial charge on any atom is 0.335 e. The number of ketones is 1. The Labute approximate surface area is 151 Å². The summed E-state index contributed by atoms with van der Waals surface area (Å²) in [5.74, 6) is 0.155. The first kappa shape index (κ1) is 16.6. The lowest BCUT2D eigenvalue weighted by molar-refractivity contribution is -0.112. The van der Waals surface area contributed by atoms with E-state index in [1.54, 1.807) is 18.2 Å². The molecule has 0 spiro atoms. The Balaban J connectivity index is 1.79. The molecule has 2 aromatic rings. The number of benzene rings is 2. The molecule has 2 aliphatic rings. The average molecular weight is 348 g/mol. The van der Waals surface area contributed by atoms with Gasteiger partial charge in [-0.05, 0) is 46.3 Å². The average Bonchev–Trinajstić information content (AvgIpc) is 2.61. The second kappa shape index (κ2) is 5.84. The Morgan fingerprint density at radius 3 is 2.58 bits per heavy atom. The smallest absolute Gasteiger partial charge is 0.335 e. The molecule has 1 N–H and O–H groups in total. The number of aromatic carboxylic acids is 1. The number of hydrogen-bond donors (Lipinski definition) is 1. The minimum Gasteiger partial charge on any atom is -0.493 e. The summed E-state index contributed by atoms with van der Waals surface area (Å²) < 4.78 is 6.06. The van der Waals surface area contributed by atoms with Crippen LogP contribution in [0.3, 0.4) is 0 Å². The maximum atomic E-state index is 11.8. The Morgan fingerprint density at radius 1 is 1.15 bits per heavy atom. The van der Waals surface area contributed by atoms with Crippen LogP contribution in [0.25, 0.3) is 12.2 Å². The molecule has 2 aromatic carbocycles. The van der Waals surface area contributed by atoms with Gasteiger partial charge in [-0.25, -0.2) is 4.79 Å². The molecule has 0 saturated heterocycles. The summed E-state index contributed by atoms with van der Waals surface area (Å²) in [5.41, 5.74) is 2.20. The molecule has 4 nitrogen and oxygen atoms in total. The van der Waals surface area contributed by atoms with Crippen molar-refractivity contribution in [3.63, 3.8) is 0 Å². The van der Waals surface area contributed by atoms with Crippen LogP contribution in [0.15, 0.2) is 36.4 Å². The summed E-state index contributed by atoms with van der Waals surface area (Å²) in [5, 5.41) is 11.1. The molecule has 0 radical (unpaired) electrons. The van der Waals surface area contributed by atoms with Crippen molar-refractivity contribution in [3.05, 3.63) is 63.5 Å². The van der Waals surface area contributed by atoms with E-state index in [1.165, 1.54) is 0 Å². The fourth-order valence-electron chi connectivity index (χ4n) is 3.92. The van der Waals surface area contributed by atoms with Gasteiger partial charge in [-0.1, -0.05) is 32.1 Å². The van der Waals surface area contributed by atoms with Gasteiger partial charge >= 0.3 is 5.97 Å². The van der Waals surface area contributed by atoms with Crippen LogP contribution in [-0.2, 0) is 10.2 Å². The summed E-state index contributed by atoms with van der Waals surface area (Å²) in [6, 6.07) is 11.1. The zero-order valence-electron chi connectivity index (χ0n) is 14.8. The number of carboxylic acid groups (broad SMARTS) is 1. The number of carbonyl (C=O) groups excluding carboxylic acids is 1. The second-order valence-corrected chi connectivity index (χ2v) is 7.51. The van der Waals surface area contributed by atoms with Crippen molar-refractivity contribution < 1.29 is 19.4 Å². The molecule has 0 bridgehead atoms. The van der Waals surface area contributed by atoms with E-state index >= 15 is 0 Å². The number of hydrogen-bond acceptors (Lipinski definition) is 3. The van der Waals surface area contributed by atoms with Crippen molar-refractivity contribution in [2.75, 3.05) is 6.61 Å². The van der Waals surface area contributed by atoms with Gasteiger partial charge in [0.15, 0.2) is 5.78 Å². The lowest BCUT2D eigenvalue weighted by Gasteiger charge is -2.40. The predicted molar refractivity (Wildman–Crippen MR) is 98.9 cm³/mol. The number of rotatable bonds is 2. The highest BCUT2D eigenvalue weighted by Crippen LogP contribution is 2.45. The summed E-state index contributed by atoms with van der Waals surface area (Å²) in [7, 11) is 0. The largest absolute Gasteiger partial charge is 0.493 e. The van der Waals surface area contributed by atoms with E-state index in [2.05, 4.69) is 19.9 Å². The van der Waals surface area contributed by atoms with Crippen molar-refractivity contribution in [2.24, 2.45) is 0 Å². The molecule has 0 aromatic heterocycles. The van der Waals surface area contributed by atoms with E-state index in [-0.39, 0.29) is 22.7 Å². The minimum atomic E-state index is -0.927. The Bertz CT molecular complexity index is 1030. The summed E-state index contributed by atoms with van der Waals surface area (Å²) >= 11 is 0. The molecule has 0 fully saturated rings. The van der Waals surface area contributed by atoms with Crippen molar-refractivity contribution in [3.8, 4) is 5.75 Å². The third-order valence-corrected chi connectivity index (χ3v) is 5.56. The van der Waals surface area contributed by atoms with Crippen LogP contribution in [0, 0.1) is 0 Å². The Kier molecular flexibility index (Phi) is 3.72. The van der Waals surface area contributed by atoms with Gasteiger partial charge < -0.3 is 9.84 Å². The molecular weight excluding hydrogens is 328 g/mol. The first-order valence-corrected chi connectivity index (χ1v) is 8.71. The topological polar surface area (TPSA) is 63.6 Å². The van der Waals surface area contributed by atoms with Crippen LogP contribution in [0.2, 0.25) is 0 Å². The highest BCUT2D eigenvalue weighted by Gasteiger charge is 2.39. The molecule has 4 heteroatoms. The summed E-state index contributed by atoms with van der Waals surface area (Å²) in [4.78, 5) is 22.8. The monoisotopic (exact) mass is 348 g/mol. The zero-order chi connectivity index (χ0) is 18.5. The molecular formula is C22H20O4. The number of carboxylic acids is 1. The number of Topliss-reactive ketones (excluding diaryl/α,β-unsaturated/α-hetero) is 1. The van der Waals surface area contributed by atoms with Crippen LogP contribution < -0.4 is 15.2 Å². The van der Waals surface area contributed by atoms with E-state index in [0.717, 1.165) is 27.3 Å². The molecule has 4 rings (SSSR count). The zero-order valence-corrected chi connectivity index (χ0v) is 14.8. The highest BCUT2D eigenvalue weighted by molar-refractivity contribution is 6.09. The fourth-order valence-corrected chi connectivity index (χ4v) is 3.92. The molecule has 132 valence electrons. The molecule has 0 amide bonds. The predicted octanol–water partition coefficient (Wildman–Crippen LogP) is 2.37. The van der Waals surface area contributed by atoms with Gasteiger partial charge in [-0.2, -0.15) is 0 Å². The van der Waals surface area contributed by atoms with E-state index in [0.29, 0.717) is 13.0 Å². The standard InChI is InChI=1S/C22H20O4/c1-22(2)18-10-16-9-17(23)8-7-15(16)11-20(18)26-12-19(22)13-3-5-14(6-4-13)21(24)25/h3-7,9-11,19H,8,12H2,1-2H3,(H,24,25). The second-order valence-electron chi connectivity index (χ2n) is 7.51. The van der Waals surface area contributed by atoms with E-state index in [9.17, 15) is 9.59 Å². The molecule has 1 aliphatic carbocycles. The number of fused-ring (bicyclic) bond motifs is 2. The molecule has 1 unspecified atom stereocenters. The van der Waals surface area contributed by atoms with Crippen LogP contribution in [-0.4, -0.2) is 23.5 Å². The SMILES string of the molecule is CC1(C)c2cc3c(cc2OCC1c1ccc(C(=O)O)cc1)=CCC(=O)C=3. The quantitative estimate of drug-likeness (QED) is 0.905. The van der Waals surface area contributed by atoms with Crippen molar-refractivity contribution in [2.45, 2.75) is 31.6 Å². The van der Waals surface area contributed by atoms with Gasteiger partial charge in [0.25, 0.3) is 0 Å². The highest BCUT2D eigenvalue weighted by atomic mass is 16.5. The lowest BCUT2D eigenvalue weighted by Crippen LogP contribution is -2.40. The van der Waals surface area contributed by atoms with Crippen LogP contribution in [0.1, 0.15) is 47.7 Å². The van der Waals surface area contributed by atoms with Gasteiger partial charge in [0.2, 0.25) is 0 Å². The fraction of sp³-hybridized carbons (Fsp3) is 0.273. The molecule has 0 saturated carbocycles. The number of ether oxygens (including phenoxy) is 1. The van der Waals surface area contributed by atoms with Crippen molar-refractivity contribution in [1.29, 1.82) is 0 Å². The van der Waals surface area contributed by atoms with Gasteiger partial charge in [-0.15, -0.1) is 0 Å². The lowest BCUT2D eigenvalue weighted by atomic mass is 9.69. The minimum absolute atomic E-state index is 0.0965. The molecule has 1 aliphatic heterocycles. The molecule has 26 heavy (non-hydrogen) atoms. The normalized spacial score (nSPS) is 20.1. The van der Waals surface area contributed by atoms with Gasteiger partial charge in [0.05, 0.1) is 12.2 Å². The van der Waals surface area contributed by atoms with Crippen LogP contribution >= 0.6 is 0 Å². The maximum absolute atomic E-state index is 11.8. The third kappa shape index (κ3) is 2.62. The molecule has 1 heterocycles. The molecule has 1 atom stereocenters. The van der Waals surface area contributed by atoms with E-state index < -0.39 is 5.97 Å². The Hall–Kier alpha value is -2.88.